The van der Waals surface area contributed by atoms with Crippen molar-refractivity contribution >= 4 is 40.3 Å². The summed E-state index contributed by atoms with van der Waals surface area (Å²) >= 11 is 12.0. The number of carbonyl (C=O) groups is 1. The minimum absolute atomic E-state index is 0.266. The van der Waals surface area contributed by atoms with Crippen molar-refractivity contribution in [2.75, 3.05) is 6.61 Å². The van der Waals surface area contributed by atoms with E-state index in [9.17, 15) is 4.79 Å². The van der Waals surface area contributed by atoms with Crippen LogP contribution in [0.5, 0.6) is 0 Å². The number of rotatable bonds is 2. The number of benzene rings is 2. The van der Waals surface area contributed by atoms with Crippen LogP contribution in [0, 0.1) is 0 Å². The lowest BCUT2D eigenvalue weighted by atomic mass is 9.97. The third-order valence-electron chi connectivity index (χ3n) is 3.13. The Morgan fingerprint density at radius 1 is 0.900 bits per heavy atom. The molecule has 0 aliphatic carbocycles. The van der Waals surface area contributed by atoms with Crippen LogP contribution in [0.25, 0.3) is 11.1 Å². The van der Waals surface area contributed by atoms with Crippen LogP contribution in [-0.2, 0) is 9.53 Å². The van der Waals surface area contributed by atoms with Gasteiger partial charge in [-0.3, -0.25) is 0 Å². The van der Waals surface area contributed by atoms with Gasteiger partial charge in [-0.1, -0.05) is 53.5 Å². The first-order valence-electron chi connectivity index (χ1n) is 6.07. The molecule has 1 heterocycles. The van der Waals surface area contributed by atoms with Crippen LogP contribution in [0.1, 0.15) is 11.1 Å². The molecular weight excluding hydrogens is 295 g/mol. The molecule has 0 spiro atoms. The number of halogens is 2. The summed E-state index contributed by atoms with van der Waals surface area (Å²) in [7, 11) is 0. The van der Waals surface area contributed by atoms with Crippen LogP contribution in [0.2, 0.25) is 10.0 Å². The van der Waals surface area contributed by atoms with E-state index in [2.05, 4.69) is 0 Å². The molecule has 3 rings (SSSR count). The van der Waals surface area contributed by atoms with Crippen molar-refractivity contribution in [3.63, 3.8) is 0 Å². The minimum Gasteiger partial charge on any atom is -0.457 e. The molecule has 1 aliphatic heterocycles. The van der Waals surface area contributed by atoms with E-state index in [-0.39, 0.29) is 12.6 Å². The number of ether oxygens (including phenoxy) is 1. The van der Waals surface area contributed by atoms with Gasteiger partial charge in [0.25, 0.3) is 0 Å². The number of carbonyl (C=O) groups excluding carboxylic acids is 1. The van der Waals surface area contributed by atoms with E-state index in [1.165, 1.54) is 0 Å². The Morgan fingerprint density at radius 2 is 1.55 bits per heavy atom. The van der Waals surface area contributed by atoms with E-state index in [1.54, 1.807) is 18.2 Å². The van der Waals surface area contributed by atoms with Crippen molar-refractivity contribution in [3.8, 4) is 0 Å². The minimum atomic E-state index is -0.345. The van der Waals surface area contributed by atoms with E-state index < -0.39 is 0 Å². The molecule has 0 saturated carbocycles. The number of hydrogen-bond acceptors (Lipinski definition) is 2. The van der Waals surface area contributed by atoms with Gasteiger partial charge in [-0.25, -0.2) is 4.79 Å². The second-order valence-electron chi connectivity index (χ2n) is 4.45. The second kappa shape index (κ2) is 5.31. The first-order valence-corrected chi connectivity index (χ1v) is 6.83. The Kier molecular flexibility index (Phi) is 3.51. The lowest BCUT2D eigenvalue weighted by Crippen LogP contribution is -1.98. The van der Waals surface area contributed by atoms with Crippen LogP contribution < -0.4 is 0 Å². The normalized spacial score (nSPS) is 14.6. The van der Waals surface area contributed by atoms with Gasteiger partial charge < -0.3 is 4.74 Å². The summed E-state index contributed by atoms with van der Waals surface area (Å²) in [5, 5.41) is 0.985. The van der Waals surface area contributed by atoms with Gasteiger partial charge in [-0.05, 0) is 29.3 Å². The fourth-order valence-electron chi connectivity index (χ4n) is 2.26. The summed E-state index contributed by atoms with van der Waals surface area (Å²) in [5.41, 5.74) is 3.03. The monoisotopic (exact) mass is 304 g/mol. The van der Waals surface area contributed by atoms with Crippen LogP contribution >= 0.6 is 23.2 Å². The average Bonchev–Trinajstić information content (AvgIpc) is 2.80. The highest BCUT2D eigenvalue weighted by atomic mass is 35.5. The summed E-state index contributed by atoms with van der Waals surface area (Å²) in [6.45, 7) is 0.266. The van der Waals surface area contributed by atoms with Crippen molar-refractivity contribution in [2.45, 2.75) is 0 Å². The largest absolute Gasteiger partial charge is 0.457 e. The summed E-state index contributed by atoms with van der Waals surface area (Å²) in [6, 6.07) is 14.7. The maximum Gasteiger partial charge on any atom is 0.339 e. The van der Waals surface area contributed by atoms with E-state index in [4.69, 9.17) is 27.9 Å². The van der Waals surface area contributed by atoms with Gasteiger partial charge in [0.2, 0.25) is 0 Å². The zero-order valence-corrected chi connectivity index (χ0v) is 11.9. The topological polar surface area (TPSA) is 26.3 Å². The van der Waals surface area contributed by atoms with Crippen LogP contribution in [0.4, 0.5) is 0 Å². The Hall–Kier alpha value is -1.77. The third-order valence-corrected chi connectivity index (χ3v) is 3.56. The molecule has 4 heteroatoms. The van der Waals surface area contributed by atoms with E-state index in [0.717, 1.165) is 11.1 Å². The fraction of sp³-hybridized carbons (Fsp3) is 0.0625. The molecule has 2 aromatic carbocycles. The zero-order valence-electron chi connectivity index (χ0n) is 10.4. The standard InChI is InChI=1S/C16H10Cl2O2/c17-12-6-11(7-13(18)8-12)15-14(9-20-16(15)19)10-4-2-1-3-5-10/h1-8H,9H2. The van der Waals surface area contributed by atoms with Crippen LogP contribution in [0.15, 0.2) is 48.5 Å². The Morgan fingerprint density at radius 3 is 2.20 bits per heavy atom. The highest BCUT2D eigenvalue weighted by Crippen LogP contribution is 2.35. The number of esters is 1. The molecule has 0 aromatic heterocycles. The molecule has 20 heavy (non-hydrogen) atoms. The lowest BCUT2D eigenvalue weighted by molar-refractivity contribution is -0.133. The Labute approximate surface area is 126 Å². The van der Waals surface area contributed by atoms with Gasteiger partial charge in [-0.2, -0.15) is 0 Å². The SMILES string of the molecule is O=C1OCC(c2ccccc2)=C1c1cc(Cl)cc(Cl)c1. The molecule has 0 fully saturated rings. The molecule has 0 saturated heterocycles. The fourth-order valence-corrected chi connectivity index (χ4v) is 2.79. The van der Waals surface area contributed by atoms with E-state index in [1.807, 2.05) is 30.3 Å². The Balaban J connectivity index is 2.19. The van der Waals surface area contributed by atoms with Crippen molar-refractivity contribution < 1.29 is 9.53 Å². The highest BCUT2D eigenvalue weighted by molar-refractivity contribution is 6.36. The van der Waals surface area contributed by atoms with Gasteiger partial charge in [0.15, 0.2) is 0 Å². The molecule has 2 aromatic rings. The second-order valence-corrected chi connectivity index (χ2v) is 5.33. The molecule has 0 atom stereocenters. The number of cyclic esters (lactones) is 1. The maximum atomic E-state index is 12.0. The van der Waals surface area contributed by atoms with Crippen molar-refractivity contribution in [2.24, 2.45) is 0 Å². The Bertz CT molecular complexity index is 685. The first kappa shape index (κ1) is 13.2. The smallest absolute Gasteiger partial charge is 0.339 e. The van der Waals surface area contributed by atoms with Crippen molar-refractivity contribution in [1.29, 1.82) is 0 Å². The molecule has 0 N–H and O–H groups in total. The molecule has 0 amide bonds. The van der Waals surface area contributed by atoms with Gasteiger partial charge in [0.1, 0.15) is 6.61 Å². The first-order chi connectivity index (χ1) is 9.65. The average molecular weight is 305 g/mol. The summed E-state index contributed by atoms with van der Waals surface area (Å²) in [5.74, 6) is -0.345. The van der Waals surface area contributed by atoms with Gasteiger partial charge in [-0.15, -0.1) is 0 Å². The van der Waals surface area contributed by atoms with Gasteiger partial charge >= 0.3 is 5.97 Å². The molecule has 0 bridgehead atoms. The molecular formula is C16H10Cl2O2. The van der Waals surface area contributed by atoms with E-state index in [0.29, 0.717) is 21.2 Å². The predicted molar refractivity (Wildman–Crippen MR) is 80.7 cm³/mol. The molecule has 0 unspecified atom stereocenters. The third kappa shape index (κ3) is 2.45. The predicted octanol–water partition coefficient (Wildman–Crippen LogP) is 4.46. The van der Waals surface area contributed by atoms with Crippen LogP contribution in [-0.4, -0.2) is 12.6 Å². The maximum absolute atomic E-state index is 12.0. The van der Waals surface area contributed by atoms with Crippen LogP contribution in [0.3, 0.4) is 0 Å². The summed E-state index contributed by atoms with van der Waals surface area (Å²) in [4.78, 5) is 12.0. The molecule has 0 radical (unpaired) electrons. The summed E-state index contributed by atoms with van der Waals surface area (Å²) in [6.07, 6.45) is 0. The highest BCUT2D eigenvalue weighted by Gasteiger charge is 2.27. The van der Waals surface area contributed by atoms with Gasteiger partial charge in [0, 0.05) is 15.6 Å². The van der Waals surface area contributed by atoms with Gasteiger partial charge in [0.05, 0.1) is 5.57 Å². The number of hydrogen-bond donors (Lipinski definition) is 0. The summed E-state index contributed by atoms with van der Waals surface area (Å²) < 4.78 is 5.17. The molecule has 1 aliphatic rings. The van der Waals surface area contributed by atoms with Crippen molar-refractivity contribution in [1.82, 2.24) is 0 Å². The zero-order chi connectivity index (χ0) is 14.1. The lowest BCUT2D eigenvalue weighted by Gasteiger charge is -2.05. The van der Waals surface area contributed by atoms with E-state index >= 15 is 0 Å². The van der Waals surface area contributed by atoms with Crippen molar-refractivity contribution in [3.05, 3.63) is 69.7 Å². The molecule has 2 nitrogen and oxygen atoms in total. The molecule has 100 valence electrons. The quantitative estimate of drug-likeness (QED) is 0.766.